The first-order valence-electron chi connectivity index (χ1n) is 9.08. The van der Waals surface area contributed by atoms with E-state index < -0.39 is 0 Å². The van der Waals surface area contributed by atoms with Gasteiger partial charge in [0.25, 0.3) is 5.91 Å². The van der Waals surface area contributed by atoms with Gasteiger partial charge in [-0.2, -0.15) is 0 Å². The van der Waals surface area contributed by atoms with Crippen molar-refractivity contribution in [1.29, 1.82) is 0 Å². The van der Waals surface area contributed by atoms with Gasteiger partial charge < -0.3 is 15.0 Å². The predicted octanol–water partition coefficient (Wildman–Crippen LogP) is 3.55. The molecular weight excluding hydrogens is 340 g/mol. The van der Waals surface area contributed by atoms with Crippen LogP contribution in [0.2, 0.25) is 0 Å². The van der Waals surface area contributed by atoms with Crippen molar-refractivity contribution >= 4 is 23.5 Å². The van der Waals surface area contributed by atoms with Crippen molar-refractivity contribution in [2.45, 2.75) is 13.8 Å². The fraction of sp³-hybridized carbons (Fsp3) is 0.273. The topological polar surface area (TPSA) is 58.6 Å². The minimum atomic E-state index is -0.204. The Morgan fingerprint density at radius 3 is 2.19 bits per heavy atom. The molecule has 0 aliphatic carbocycles. The van der Waals surface area contributed by atoms with Crippen LogP contribution in [0, 0.1) is 0 Å². The fourth-order valence-corrected chi connectivity index (χ4v) is 2.59. The number of nitrogens with one attached hydrogen (secondary N) is 1. The molecule has 2 rings (SSSR count). The van der Waals surface area contributed by atoms with Gasteiger partial charge in [0.15, 0.2) is 12.4 Å². The highest BCUT2D eigenvalue weighted by molar-refractivity contribution is 6.06. The van der Waals surface area contributed by atoms with E-state index in [0.29, 0.717) is 11.3 Å². The molecule has 2 aromatic rings. The maximum atomic E-state index is 12.3. The Labute approximate surface area is 160 Å². The van der Waals surface area contributed by atoms with Gasteiger partial charge in [0.05, 0.1) is 0 Å². The van der Waals surface area contributed by atoms with Gasteiger partial charge in [0.2, 0.25) is 0 Å². The lowest BCUT2D eigenvalue weighted by Crippen LogP contribution is -2.24. The fourth-order valence-electron chi connectivity index (χ4n) is 2.59. The SMILES string of the molecule is CCN(CC)c1ccc(/C=C/C(=O)c2ccc(OCC(=O)NC)cc2)cc1. The molecule has 0 spiro atoms. The average molecular weight is 366 g/mol. The van der Waals surface area contributed by atoms with Crippen molar-refractivity contribution in [3.63, 3.8) is 0 Å². The van der Waals surface area contributed by atoms with Gasteiger partial charge in [0, 0.05) is 31.4 Å². The lowest BCUT2D eigenvalue weighted by molar-refractivity contribution is -0.122. The van der Waals surface area contributed by atoms with E-state index in [-0.39, 0.29) is 18.3 Å². The summed E-state index contributed by atoms with van der Waals surface area (Å²) in [6.45, 7) is 6.14. The van der Waals surface area contributed by atoms with Gasteiger partial charge in [0.1, 0.15) is 5.75 Å². The number of benzene rings is 2. The summed E-state index contributed by atoms with van der Waals surface area (Å²) in [5.74, 6) is 0.261. The molecule has 0 radical (unpaired) electrons. The zero-order chi connectivity index (χ0) is 19.6. The third-order valence-corrected chi connectivity index (χ3v) is 4.24. The molecule has 2 aromatic carbocycles. The van der Waals surface area contributed by atoms with Gasteiger partial charge in [-0.05, 0) is 61.9 Å². The summed E-state index contributed by atoms with van der Waals surface area (Å²) in [5, 5.41) is 2.48. The van der Waals surface area contributed by atoms with Gasteiger partial charge in [-0.1, -0.05) is 18.2 Å². The lowest BCUT2D eigenvalue weighted by Gasteiger charge is -2.20. The number of rotatable bonds is 9. The largest absolute Gasteiger partial charge is 0.484 e. The third kappa shape index (κ3) is 5.99. The van der Waals surface area contributed by atoms with Crippen LogP contribution in [0.15, 0.2) is 54.6 Å². The van der Waals surface area contributed by atoms with E-state index >= 15 is 0 Å². The minimum absolute atomic E-state index is 0.0484. The van der Waals surface area contributed by atoms with Crippen molar-refractivity contribution in [1.82, 2.24) is 5.32 Å². The highest BCUT2D eigenvalue weighted by Gasteiger charge is 2.04. The zero-order valence-electron chi connectivity index (χ0n) is 16.1. The van der Waals surface area contributed by atoms with Crippen molar-refractivity contribution in [3.8, 4) is 5.75 Å². The number of carbonyl (C=O) groups excluding carboxylic acids is 2. The standard InChI is InChI=1S/C22H26N2O3/c1-4-24(5-2)19-11-6-17(7-12-19)8-15-21(25)18-9-13-20(14-10-18)27-16-22(26)23-3/h6-15H,4-5,16H2,1-3H3,(H,23,26)/b15-8+. The highest BCUT2D eigenvalue weighted by Crippen LogP contribution is 2.17. The van der Waals surface area contributed by atoms with Crippen molar-refractivity contribution in [2.75, 3.05) is 31.6 Å². The molecule has 0 heterocycles. The Morgan fingerprint density at radius 1 is 1.00 bits per heavy atom. The average Bonchev–Trinajstić information content (AvgIpc) is 2.72. The van der Waals surface area contributed by atoms with E-state index in [1.807, 2.05) is 18.2 Å². The van der Waals surface area contributed by atoms with E-state index in [2.05, 4.69) is 36.2 Å². The molecule has 0 bridgehead atoms. The third-order valence-electron chi connectivity index (χ3n) is 4.24. The monoisotopic (exact) mass is 366 g/mol. The minimum Gasteiger partial charge on any atom is -0.484 e. The summed E-state index contributed by atoms with van der Waals surface area (Å²) in [5.41, 5.74) is 2.72. The summed E-state index contributed by atoms with van der Waals surface area (Å²) < 4.78 is 5.33. The summed E-state index contributed by atoms with van der Waals surface area (Å²) in [6, 6.07) is 14.9. The van der Waals surface area contributed by atoms with Crippen molar-refractivity contribution in [3.05, 3.63) is 65.7 Å². The molecule has 142 valence electrons. The van der Waals surface area contributed by atoms with Crippen LogP contribution in [0.3, 0.4) is 0 Å². The number of hydrogen-bond donors (Lipinski definition) is 1. The molecule has 0 aliphatic rings. The number of ketones is 1. The first-order chi connectivity index (χ1) is 13.1. The molecule has 0 unspecified atom stereocenters. The molecular formula is C22H26N2O3. The van der Waals surface area contributed by atoms with E-state index in [9.17, 15) is 9.59 Å². The first-order valence-corrected chi connectivity index (χ1v) is 9.08. The number of allylic oxidation sites excluding steroid dienone is 1. The zero-order valence-corrected chi connectivity index (χ0v) is 16.1. The quantitative estimate of drug-likeness (QED) is 0.545. The van der Waals surface area contributed by atoms with Crippen LogP contribution in [0.4, 0.5) is 5.69 Å². The smallest absolute Gasteiger partial charge is 0.257 e. The highest BCUT2D eigenvalue weighted by atomic mass is 16.5. The van der Waals surface area contributed by atoms with E-state index in [1.165, 1.54) is 5.69 Å². The number of hydrogen-bond acceptors (Lipinski definition) is 4. The van der Waals surface area contributed by atoms with Gasteiger partial charge >= 0.3 is 0 Å². The van der Waals surface area contributed by atoms with Crippen molar-refractivity contribution in [2.24, 2.45) is 0 Å². The second kappa shape index (κ2) is 10.2. The van der Waals surface area contributed by atoms with E-state index in [4.69, 9.17) is 4.74 Å². The number of likely N-dealkylation sites (N-methyl/N-ethyl adjacent to an activating group) is 1. The predicted molar refractivity (Wildman–Crippen MR) is 109 cm³/mol. The van der Waals surface area contributed by atoms with Crippen LogP contribution >= 0.6 is 0 Å². The normalized spacial score (nSPS) is 10.6. The van der Waals surface area contributed by atoms with Crippen LogP contribution in [-0.2, 0) is 4.79 Å². The van der Waals surface area contributed by atoms with Crippen molar-refractivity contribution < 1.29 is 14.3 Å². The molecule has 0 aliphatic heterocycles. The first kappa shape index (κ1) is 20.2. The second-order valence-corrected chi connectivity index (χ2v) is 5.95. The van der Waals surface area contributed by atoms with Crippen LogP contribution in [-0.4, -0.2) is 38.4 Å². The molecule has 5 heteroatoms. The van der Waals surface area contributed by atoms with Crippen LogP contribution in [0.1, 0.15) is 29.8 Å². The van der Waals surface area contributed by atoms with Crippen LogP contribution < -0.4 is 15.0 Å². The van der Waals surface area contributed by atoms with Crippen LogP contribution in [0.5, 0.6) is 5.75 Å². The number of nitrogens with zero attached hydrogens (tertiary/aromatic N) is 1. The Bertz CT molecular complexity index is 776. The molecule has 27 heavy (non-hydrogen) atoms. The molecule has 5 nitrogen and oxygen atoms in total. The Balaban J connectivity index is 1.96. The van der Waals surface area contributed by atoms with Crippen LogP contribution in [0.25, 0.3) is 6.08 Å². The molecule has 0 aromatic heterocycles. The summed E-state index contributed by atoms with van der Waals surface area (Å²) in [6.07, 6.45) is 3.37. The molecule has 0 saturated carbocycles. The van der Waals surface area contributed by atoms with Gasteiger partial charge in [-0.3, -0.25) is 9.59 Å². The van der Waals surface area contributed by atoms with Gasteiger partial charge in [-0.25, -0.2) is 0 Å². The Hall–Kier alpha value is -3.08. The number of ether oxygens (including phenoxy) is 1. The summed E-state index contributed by atoms with van der Waals surface area (Å²) >= 11 is 0. The lowest BCUT2D eigenvalue weighted by atomic mass is 10.1. The molecule has 0 atom stereocenters. The maximum Gasteiger partial charge on any atom is 0.257 e. The van der Waals surface area contributed by atoms with E-state index in [1.54, 1.807) is 37.4 Å². The molecule has 1 amide bonds. The second-order valence-electron chi connectivity index (χ2n) is 5.95. The summed E-state index contributed by atoms with van der Waals surface area (Å²) in [7, 11) is 1.55. The van der Waals surface area contributed by atoms with E-state index in [0.717, 1.165) is 18.7 Å². The summed E-state index contributed by atoms with van der Waals surface area (Å²) in [4.78, 5) is 25.8. The molecule has 0 fully saturated rings. The Morgan fingerprint density at radius 2 is 1.63 bits per heavy atom. The Kier molecular flexibility index (Phi) is 7.62. The molecule has 0 saturated heterocycles. The molecule has 1 N–H and O–H groups in total. The van der Waals surface area contributed by atoms with Gasteiger partial charge in [-0.15, -0.1) is 0 Å². The number of anilines is 1. The number of amides is 1. The number of carbonyl (C=O) groups is 2. The maximum absolute atomic E-state index is 12.3.